The van der Waals surface area contributed by atoms with E-state index in [2.05, 4.69) is 15.0 Å². The number of nitrogens with one attached hydrogen (secondary N) is 1. The first-order valence-electron chi connectivity index (χ1n) is 9.58. The first kappa shape index (κ1) is 20.1. The molecule has 0 spiro atoms. The van der Waals surface area contributed by atoms with Crippen molar-refractivity contribution < 1.29 is 14.6 Å². The van der Waals surface area contributed by atoms with Gasteiger partial charge < -0.3 is 14.8 Å². The zero-order valence-corrected chi connectivity index (χ0v) is 17.3. The number of aromatic hydroxyl groups is 1. The number of rotatable bonds is 4. The van der Waals surface area contributed by atoms with Crippen LogP contribution in [0.1, 0.15) is 16.8 Å². The van der Waals surface area contributed by atoms with E-state index in [1.807, 2.05) is 43.3 Å². The number of methoxy groups -OCH3 is 1. The van der Waals surface area contributed by atoms with Gasteiger partial charge in [0.2, 0.25) is 5.88 Å². The number of ether oxygens (including phenoxy) is 1. The van der Waals surface area contributed by atoms with E-state index in [1.54, 1.807) is 31.4 Å². The van der Waals surface area contributed by atoms with Crippen molar-refractivity contribution >= 4 is 34.3 Å². The Morgan fingerprint density at radius 3 is 2.65 bits per heavy atom. The van der Waals surface area contributed by atoms with Gasteiger partial charge in [0.15, 0.2) is 0 Å². The minimum absolute atomic E-state index is 0.0613. The molecule has 156 valence electrons. The molecule has 0 bridgehead atoms. The number of hydrogen-bond acceptors (Lipinski definition) is 6. The maximum Gasteiger partial charge on any atom is 0.414 e. The van der Waals surface area contributed by atoms with Crippen molar-refractivity contribution in [2.45, 2.75) is 6.92 Å². The Kier molecular flexibility index (Phi) is 5.36. The average Bonchev–Trinajstić information content (AvgIpc) is 3.11. The van der Waals surface area contributed by atoms with Gasteiger partial charge in [0, 0.05) is 24.5 Å². The van der Waals surface area contributed by atoms with Gasteiger partial charge in [-0.05, 0) is 31.2 Å². The second-order valence-electron chi connectivity index (χ2n) is 6.93. The fourth-order valence-corrected chi connectivity index (χ4v) is 3.27. The summed E-state index contributed by atoms with van der Waals surface area (Å²) in [6.07, 6.45) is 1.14. The van der Waals surface area contributed by atoms with Crippen LogP contribution >= 0.6 is 0 Å². The number of aryl methyl sites for hydroxylation is 1. The molecule has 0 aliphatic carbocycles. The van der Waals surface area contributed by atoms with E-state index in [4.69, 9.17) is 9.73 Å². The summed E-state index contributed by atoms with van der Waals surface area (Å²) < 4.78 is 4.78. The molecule has 31 heavy (non-hydrogen) atoms. The number of aromatic nitrogens is 3. The predicted molar refractivity (Wildman–Crippen MR) is 119 cm³/mol. The highest BCUT2D eigenvalue weighted by Gasteiger charge is 2.22. The Morgan fingerprint density at radius 2 is 1.94 bits per heavy atom. The highest BCUT2D eigenvalue weighted by atomic mass is 16.5. The van der Waals surface area contributed by atoms with Gasteiger partial charge in [-0.15, -0.1) is 0 Å². The first-order chi connectivity index (χ1) is 15.0. The number of pyridine rings is 2. The highest BCUT2D eigenvalue weighted by Crippen LogP contribution is 2.31. The van der Waals surface area contributed by atoms with Crippen LogP contribution in [0.15, 0.2) is 65.8 Å². The van der Waals surface area contributed by atoms with E-state index in [9.17, 15) is 9.90 Å². The number of aromatic amines is 1. The lowest BCUT2D eigenvalue weighted by Crippen LogP contribution is -2.26. The van der Waals surface area contributed by atoms with Gasteiger partial charge >= 0.3 is 6.09 Å². The molecule has 2 N–H and O–H groups in total. The fraction of sp³-hybridized carbons (Fsp3) is 0.130. The van der Waals surface area contributed by atoms with Gasteiger partial charge in [0.25, 0.3) is 0 Å². The van der Waals surface area contributed by atoms with Gasteiger partial charge in [-0.3, -0.25) is 9.88 Å². The Balaban J connectivity index is 1.95. The molecule has 0 aliphatic rings. The topological polar surface area (TPSA) is 104 Å². The summed E-state index contributed by atoms with van der Waals surface area (Å²) in [5.41, 5.74) is 4.42. The molecule has 0 atom stereocenters. The molecule has 1 amide bonds. The summed E-state index contributed by atoms with van der Waals surface area (Å²) in [4.78, 5) is 29.8. The third-order valence-electron chi connectivity index (χ3n) is 4.80. The molecule has 0 fully saturated rings. The summed E-state index contributed by atoms with van der Waals surface area (Å²) in [6, 6.07) is 16.6. The molecule has 4 rings (SSSR count). The number of fused-ring (bicyclic) bond motifs is 1. The average molecular weight is 415 g/mol. The number of amides is 1. The maximum atomic E-state index is 11.9. The molecular formula is C23H21N5O3. The van der Waals surface area contributed by atoms with E-state index in [-0.39, 0.29) is 5.88 Å². The van der Waals surface area contributed by atoms with Crippen LogP contribution in [0.3, 0.4) is 0 Å². The molecule has 8 heteroatoms. The monoisotopic (exact) mass is 415 g/mol. The van der Waals surface area contributed by atoms with Crippen LogP contribution in [0, 0.1) is 6.92 Å². The second-order valence-corrected chi connectivity index (χ2v) is 6.93. The molecule has 0 saturated carbocycles. The van der Waals surface area contributed by atoms with Crippen molar-refractivity contribution in [2.24, 2.45) is 4.99 Å². The molecule has 4 aromatic rings. The molecule has 0 unspecified atom stereocenters. The fourth-order valence-electron chi connectivity index (χ4n) is 3.27. The van der Waals surface area contributed by atoms with Gasteiger partial charge in [-0.1, -0.05) is 30.3 Å². The molecule has 3 aromatic heterocycles. The molecule has 0 saturated heterocycles. The zero-order chi connectivity index (χ0) is 22.0. The van der Waals surface area contributed by atoms with E-state index in [0.29, 0.717) is 33.8 Å². The minimum Gasteiger partial charge on any atom is -0.494 e. The maximum absolute atomic E-state index is 11.9. The summed E-state index contributed by atoms with van der Waals surface area (Å²) in [5.74, 6) is 0.320. The molecule has 0 aliphatic heterocycles. The van der Waals surface area contributed by atoms with Crippen LogP contribution in [0.25, 0.3) is 11.0 Å². The third kappa shape index (κ3) is 3.95. The second kappa shape index (κ2) is 8.27. The Morgan fingerprint density at radius 1 is 1.16 bits per heavy atom. The van der Waals surface area contributed by atoms with Crippen molar-refractivity contribution in [3.05, 3.63) is 77.6 Å². The van der Waals surface area contributed by atoms with Crippen molar-refractivity contribution in [2.75, 3.05) is 19.1 Å². The largest absolute Gasteiger partial charge is 0.494 e. The third-order valence-corrected chi connectivity index (χ3v) is 4.80. The summed E-state index contributed by atoms with van der Waals surface area (Å²) >= 11 is 0. The lowest BCUT2D eigenvalue weighted by molar-refractivity contribution is 0.180. The zero-order valence-electron chi connectivity index (χ0n) is 17.3. The normalized spacial score (nSPS) is 11.5. The lowest BCUT2D eigenvalue weighted by atomic mass is 10.0. The number of benzene rings is 1. The Hall–Kier alpha value is -4.20. The van der Waals surface area contributed by atoms with Crippen LogP contribution in [0.2, 0.25) is 0 Å². The number of anilines is 1. The lowest BCUT2D eigenvalue weighted by Gasteiger charge is -2.14. The van der Waals surface area contributed by atoms with E-state index in [0.717, 1.165) is 11.3 Å². The van der Waals surface area contributed by atoms with Crippen molar-refractivity contribution in [3.63, 3.8) is 0 Å². The number of carbonyl (C=O) groups is 1. The van der Waals surface area contributed by atoms with Gasteiger partial charge in [-0.2, -0.15) is 0 Å². The molecular weight excluding hydrogens is 394 g/mol. The standard InChI is InChI=1S/C23H21N5O3/c1-14-13-16(11-12-24-14)25-20(15-7-5-4-6-8-15)19-21-17(26-22(19)29)9-10-18(27-21)28(2)23(30)31-3/h4-13,26,29H,1-3H3. The van der Waals surface area contributed by atoms with Crippen LogP contribution in [0.4, 0.5) is 16.3 Å². The van der Waals surface area contributed by atoms with Crippen LogP contribution < -0.4 is 4.90 Å². The summed E-state index contributed by atoms with van der Waals surface area (Å²) in [5, 5.41) is 10.8. The van der Waals surface area contributed by atoms with Crippen molar-refractivity contribution in [1.82, 2.24) is 15.0 Å². The van der Waals surface area contributed by atoms with Crippen molar-refractivity contribution in [3.8, 4) is 5.88 Å². The smallest absolute Gasteiger partial charge is 0.414 e. The Bertz CT molecular complexity index is 1280. The molecule has 8 nitrogen and oxygen atoms in total. The number of aliphatic imine (C=N–C) groups is 1. The quantitative estimate of drug-likeness (QED) is 0.483. The van der Waals surface area contributed by atoms with E-state index >= 15 is 0 Å². The molecule has 1 aromatic carbocycles. The van der Waals surface area contributed by atoms with Gasteiger partial charge in [-0.25, -0.2) is 14.8 Å². The van der Waals surface area contributed by atoms with Crippen molar-refractivity contribution in [1.29, 1.82) is 0 Å². The SMILES string of the molecule is COC(=O)N(C)c1ccc2[nH]c(O)c(C(=Nc3ccnc(C)c3)c3ccccc3)c2n1. The van der Waals surface area contributed by atoms with E-state index < -0.39 is 6.09 Å². The highest BCUT2D eigenvalue weighted by molar-refractivity contribution is 6.21. The van der Waals surface area contributed by atoms with Crippen LogP contribution in [-0.4, -0.2) is 46.0 Å². The minimum atomic E-state index is -0.544. The summed E-state index contributed by atoms with van der Waals surface area (Å²) in [7, 11) is 2.87. The predicted octanol–water partition coefficient (Wildman–Crippen LogP) is 4.34. The van der Waals surface area contributed by atoms with Gasteiger partial charge in [0.1, 0.15) is 11.3 Å². The first-order valence-corrected chi connectivity index (χ1v) is 9.58. The molecule has 3 heterocycles. The number of hydrogen-bond donors (Lipinski definition) is 2. The number of H-pyrrole nitrogens is 1. The van der Waals surface area contributed by atoms with Crippen LogP contribution in [-0.2, 0) is 4.74 Å². The van der Waals surface area contributed by atoms with Gasteiger partial charge in [0.05, 0.1) is 29.6 Å². The van der Waals surface area contributed by atoms with E-state index in [1.165, 1.54) is 12.0 Å². The number of nitrogens with zero attached hydrogens (tertiary/aromatic N) is 4. The number of carbonyl (C=O) groups excluding carboxylic acids is 1. The summed E-state index contributed by atoms with van der Waals surface area (Å²) in [6.45, 7) is 1.89. The Labute approximate surface area is 178 Å². The van der Waals surface area contributed by atoms with Crippen LogP contribution in [0.5, 0.6) is 5.88 Å². The molecule has 0 radical (unpaired) electrons.